The maximum absolute atomic E-state index is 12.3. The summed E-state index contributed by atoms with van der Waals surface area (Å²) >= 11 is 0. The van der Waals surface area contributed by atoms with Crippen LogP contribution in [-0.4, -0.2) is 15.9 Å². The van der Waals surface area contributed by atoms with Crippen molar-refractivity contribution >= 4 is 16.8 Å². The quantitative estimate of drug-likeness (QED) is 0.543. The lowest BCUT2D eigenvalue weighted by molar-refractivity contribution is -0.120. The summed E-state index contributed by atoms with van der Waals surface area (Å²) in [7, 11) is 0. The molecule has 0 bridgehead atoms. The van der Waals surface area contributed by atoms with Gasteiger partial charge in [-0.25, -0.2) is 4.98 Å². The average molecular weight is 357 g/mol. The highest BCUT2D eigenvalue weighted by Gasteiger charge is 2.08. The minimum atomic E-state index is -0.0178. The second-order valence-corrected chi connectivity index (χ2v) is 6.23. The number of nitrogens with zero attached hydrogens (tertiary/aromatic N) is 1. The van der Waals surface area contributed by atoms with Crippen molar-refractivity contribution in [2.75, 3.05) is 0 Å². The maximum atomic E-state index is 12.3. The lowest BCUT2D eigenvalue weighted by Gasteiger charge is -2.08. The summed E-state index contributed by atoms with van der Waals surface area (Å²) in [6, 6.07) is 21.1. The van der Waals surface area contributed by atoms with E-state index in [0.717, 1.165) is 22.0 Å². The van der Waals surface area contributed by atoms with Gasteiger partial charge in [0.05, 0.1) is 6.42 Å². The van der Waals surface area contributed by atoms with E-state index < -0.39 is 0 Å². The van der Waals surface area contributed by atoms with Gasteiger partial charge >= 0.3 is 0 Å². The Morgan fingerprint density at radius 1 is 1.04 bits per heavy atom. The number of amides is 1. The van der Waals surface area contributed by atoms with E-state index in [2.05, 4.69) is 15.3 Å². The summed E-state index contributed by atoms with van der Waals surface area (Å²) in [6.07, 6.45) is 3.92. The predicted octanol–water partition coefficient (Wildman–Crippen LogP) is 4.21. The van der Waals surface area contributed by atoms with E-state index in [1.165, 1.54) is 0 Å². The Morgan fingerprint density at radius 3 is 2.81 bits per heavy atom. The molecule has 2 aromatic heterocycles. The number of ether oxygens (including phenoxy) is 1. The van der Waals surface area contributed by atoms with Gasteiger partial charge in [0.2, 0.25) is 11.8 Å². The largest absolute Gasteiger partial charge is 0.439 e. The number of hydrogen-bond acceptors (Lipinski definition) is 3. The first-order valence-corrected chi connectivity index (χ1v) is 8.77. The van der Waals surface area contributed by atoms with E-state index in [9.17, 15) is 4.79 Å². The highest BCUT2D eigenvalue weighted by atomic mass is 16.5. The third-order valence-electron chi connectivity index (χ3n) is 4.27. The predicted molar refractivity (Wildman–Crippen MR) is 105 cm³/mol. The molecule has 0 aliphatic carbocycles. The van der Waals surface area contributed by atoms with E-state index >= 15 is 0 Å². The van der Waals surface area contributed by atoms with Gasteiger partial charge < -0.3 is 15.0 Å². The van der Waals surface area contributed by atoms with Gasteiger partial charge in [-0.1, -0.05) is 36.4 Å². The Labute approximate surface area is 157 Å². The van der Waals surface area contributed by atoms with Crippen LogP contribution in [0.4, 0.5) is 0 Å². The fraction of sp³-hybridized carbons (Fsp3) is 0.0909. The Kier molecular flexibility index (Phi) is 4.83. The molecule has 0 aliphatic heterocycles. The molecule has 0 radical (unpaired) electrons. The van der Waals surface area contributed by atoms with Gasteiger partial charge in [0.15, 0.2) is 0 Å². The molecular formula is C22H19N3O2. The van der Waals surface area contributed by atoms with Crippen molar-refractivity contribution in [3.8, 4) is 11.6 Å². The number of carbonyl (C=O) groups is 1. The molecule has 2 heterocycles. The summed E-state index contributed by atoms with van der Waals surface area (Å²) in [5.41, 5.74) is 3.01. The summed E-state index contributed by atoms with van der Waals surface area (Å²) < 4.78 is 5.73. The van der Waals surface area contributed by atoms with E-state index in [1.54, 1.807) is 12.3 Å². The van der Waals surface area contributed by atoms with Gasteiger partial charge in [0, 0.05) is 35.9 Å². The summed E-state index contributed by atoms with van der Waals surface area (Å²) in [5.74, 6) is 1.21. The van der Waals surface area contributed by atoms with E-state index in [0.29, 0.717) is 24.6 Å². The minimum Gasteiger partial charge on any atom is -0.439 e. The summed E-state index contributed by atoms with van der Waals surface area (Å²) in [5, 5.41) is 4.05. The van der Waals surface area contributed by atoms with Crippen LogP contribution in [0.3, 0.4) is 0 Å². The van der Waals surface area contributed by atoms with Crippen molar-refractivity contribution in [3.05, 3.63) is 90.3 Å². The zero-order valence-electron chi connectivity index (χ0n) is 14.7. The average Bonchev–Trinajstić information content (AvgIpc) is 3.10. The van der Waals surface area contributed by atoms with Crippen molar-refractivity contribution < 1.29 is 9.53 Å². The molecule has 0 fully saturated rings. The molecule has 0 unspecified atom stereocenters. The van der Waals surface area contributed by atoms with Crippen LogP contribution in [0, 0.1) is 0 Å². The van der Waals surface area contributed by atoms with Crippen molar-refractivity contribution in [2.24, 2.45) is 0 Å². The Balaban J connectivity index is 1.37. The molecule has 5 heteroatoms. The minimum absolute atomic E-state index is 0.0178. The number of pyridine rings is 1. The molecule has 2 aromatic carbocycles. The van der Waals surface area contributed by atoms with Crippen molar-refractivity contribution in [1.82, 2.24) is 15.3 Å². The van der Waals surface area contributed by atoms with Crippen LogP contribution in [0.5, 0.6) is 11.6 Å². The van der Waals surface area contributed by atoms with Crippen LogP contribution in [0.25, 0.3) is 10.9 Å². The number of fused-ring (bicyclic) bond motifs is 1. The number of para-hydroxylation sites is 1. The molecular weight excluding hydrogens is 338 g/mol. The van der Waals surface area contributed by atoms with Crippen molar-refractivity contribution in [3.63, 3.8) is 0 Å². The number of carbonyl (C=O) groups excluding carboxylic acids is 1. The smallest absolute Gasteiger partial charge is 0.224 e. The fourth-order valence-corrected chi connectivity index (χ4v) is 2.96. The Bertz CT molecular complexity index is 1060. The molecule has 4 rings (SSSR count). The number of aromatic nitrogens is 2. The molecule has 0 saturated heterocycles. The number of rotatable bonds is 6. The molecule has 4 aromatic rings. The van der Waals surface area contributed by atoms with Crippen LogP contribution in [0.15, 0.2) is 79.1 Å². The topological polar surface area (TPSA) is 67.0 Å². The zero-order chi connectivity index (χ0) is 18.5. The van der Waals surface area contributed by atoms with E-state index in [4.69, 9.17) is 4.74 Å². The van der Waals surface area contributed by atoms with Gasteiger partial charge in [-0.3, -0.25) is 4.79 Å². The highest BCUT2D eigenvalue weighted by Crippen LogP contribution is 2.20. The van der Waals surface area contributed by atoms with Crippen molar-refractivity contribution in [1.29, 1.82) is 0 Å². The molecule has 0 aliphatic rings. The lowest BCUT2D eigenvalue weighted by Crippen LogP contribution is -2.24. The Hall–Kier alpha value is -3.60. The summed E-state index contributed by atoms with van der Waals surface area (Å²) in [4.78, 5) is 19.7. The van der Waals surface area contributed by atoms with Gasteiger partial charge in [-0.05, 0) is 35.4 Å². The molecule has 1 amide bonds. The second-order valence-electron chi connectivity index (χ2n) is 6.23. The zero-order valence-corrected chi connectivity index (χ0v) is 14.7. The van der Waals surface area contributed by atoms with Crippen LogP contribution >= 0.6 is 0 Å². The number of benzene rings is 2. The normalized spacial score (nSPS) is 10.7. The van der Waals surface area contributed by atoms with Crippen molar-refractivity contribution in [2.45, 2.75) is 13.0 Å². The molecule has 134 valence electrons. The van der Waals surface area contributed by atoms with Crippen LogP contribution in [0.1, 0.15) is 11.1 Å². The Morgan fingerprint density at radius 2 is 1.93 bits per heavy atom. The highest BCUT2D eigenvalue weighted by molar-refractivity contribution is 5.88. The number of hydrogen-bond donors (Lipinski definition) is 2. The van der Waals surface area contributed by atoms with Gasteiger partial charge in [-0.15, -0.1) is 0 Å². The van der Waals surface area contributed by atoms with Crippen LogP contribution < -0.4 is 10.1 Å². The molecule has 27 heavy (non-hydrogen) atoms. The van der Waals surface area contributed by atoms with E-state index in [1.807, 2.05) is 66.9 Å². The molecule has 0 atom stereocenters. The first kappa shape index (κ1) is 16.8. The maximum Gasteiger partial charge on any atom is 0.224 e. The molecule has 5 nitrogen and oxygen atoms in total. The van der Waals surface area contributed by atoms with Gasteiger partial charge in [-0.2, -0.15) is 0 Å². The van der Waals surface area contributed by atoms with Crippen LogP contribution in [-0.2, 0) is 17.8 Å². The standard InChI is InChI=1S/C22H19N3O2/c26-21(13-17-15-24-20-9-2-1-8-19(17)20)25-14-16-6-5-7-18(12-16)27-22-10-3-4-11-23-22/h1-12,15,24H,13-14H2,(H,25,26). The number of H-pyrrole nitrogens is 1. The van der Waals surface area contributed by atoms with Crippen LogP contribution in [0.2, 0.25) is 0 Å². The molecule has 2 N–H and O–H groups in total. The molecule has 0 spiro atoms. The summed E-state index contributed by atoms with van der Waals surface area (Å²) in [6.45, 7) is 0.445. The third kappa shape index (κ3) is 4.15. The third-order valence-corrected chi connectivity index (χ3v) is 4.27. The lowest BCUT2D eigenvalue weighted by atomic mass is 10.1. The second kappa shape index (κ2) is 7.74. The van der Waals surface area contributed by atoms with E-state index in [-0.39, 0.29) is 5.91 Å². The SMILES string of the molecule is O=C(Cc1c[nH]c2ccccc12)NCc1cccc(Oc2ccccn2)c1. The first-order chi connectivity index (χ1) is 13.3. The fourth-order valence-electron chi connectivity index (χ4n) is 2.96. The first-order valence-electron chi connectivity index (χ1n) is 8.77. The number of aromatic amines is 1. The monoisotopic (exact) mass is 357 g/mol. The van der Waals surface area contributed by atoms with Gasteiger partial charge in [0.1, 0.15) is 5.75 Å². The van der Waals surface area contributed by atoms with Gasteiger partial charge in [0.25, 0.3) is 0 Å². The number of nitrogens with one attached hydrogen (secondary N) is 2. The molecule has 0 saturated carbocycles.